The Balaban J connectivity index is 2.45. The predicted molar refractivity (Wildman–Crippen MR) is 104 cm³/mol. The molecule has 0 saturated carbocycles. The number of thioether (sulfide) groups is 1. The number of ether oxygens (including phenoxy) is 2. The normalized spacial score (nSPS) is 10.0. The highest BCUT2D eigenvalue weighted by molar-refractivity contribution is 7.98. The van der Waals surface area contributed by atoms with E-state index in [4.69, 9.17) is 9.47 Å². The highest BCUT2D eigenvalue weighted by Gasteiger charge is 2.17. The van der Waals surface area contributed by atoms with Crippen LogP contribution in [0.25, 0.3) is 11.3 Å². The molecular formula is C18H21N5O3S. The van der Waals surface area contributed by atoms with Gasteiger partial charge in [-0.2, -0.15) is 5.26 Å². The van der Waals surface area contributed by atoms with Gasteiger partial charge in [0, 0.05) is 25.6 Å². The maximum Gasteiger partial charge on any atom is 0.216 e. The van der Waals surface area contributed by atoms with E-state index in [2.05, 4.69) is 26.7 Å². The van der Waals surface area contributed by atoms with Crippen LogP contribution in [0, 0.1) is 11.3 Å². The topological polar surface area (TPSA) is 109 Å². The third-order valence-corrected chi connectivity index (χ3v) is 4.18. The van der Waals surface area contributed by atoms with Crippen molar-refractivity contribution < 1.29 is 14.3 Å². The van der Waals surface area contributed by atoms with Crippen LogP contribution in [-0.4, -0.2) is 49.4 Å². The van der Waals surface area contributed by atoms with Gasteiger partial charge in [0.05, 0.1) is 19.9 Å². The minimum absolute atomic E-state index is 0.115. The maximum absolute atomic E-state index is 11.0. The second kappa shape index (κ2) is 9.64. The van der Waals surface area contributed by atoms with Gasteiger partial charge in [0.2, 0.25) is 5.91 Å². The summed E-state index contributed by atoms with van der Waals surface area (Å²) >= 11 is 1.38. The second-order valence-electron chi connectivity index (χ2n) is 5.37. The van der Waals surface area contributed by atoms with Gasteiger partial charge in [-0.3, -0.25) is 4.79 Å². The number of carbonyl (C=O) groups is 1. The largest absolute Gasteiger partial charge is 0.493 e. The van der Waals surface area contributed by atoms with Gasteiger partial charge >= 0.3 is 0 Å². The summed E-state index contributed by atoms with van der Waals surface area (Å²) in [5, 5.41) is 16.0. The van der Waals surface area contributed by atoms with E-state index in [9.17, 15) is 10.1 Å². The van der Waals surface area contributed by atoms with Crippen LogP contribution in [0.4, 0.5) is 5.82 Å². The Morgan fingerprint density at radius 2 is 1.96 bits per heavy atom. The summed E-state index contributed by atoms with van der Waals surface area (Å²) in [5.74, 6) is 1.44. The summed E-state index contributed by atoms with van der Waals surface area (Å²) in [5.41, 5.74) is 1.54. The van der Waals surface area contributed by atoms with Crippen molar-refractivity contribution in [2.75, 3.05) is 38.9 Å². The predicted octanol–water partition coefficient (Wildman–Crippen LogP) is 2.30. The first-order chi connectivity index (χ1) is 13.0. The minimum atomic E-state index is -0.115. The van der Waals surface area contributed by atoms with Crippen LogP contribution in [0.2, 0.25) is 0 Å². The van der Waals surface area contributed by atoms with E-state index in [-0.39, 0.29) is 5.91 Å². The zero-order chi connectivity index (χ0) is 19.8. The molecule has 27 heavy (non-hydrogen) atoms. The summed E-state index contributed by atoms with van der Waals surface area (Å²) in [6, 6.07) is 7.52. The lowest BCUT2D eigenvalue weighted by Gasteiger charge is -2.14. The zero-order valence-corrected chi connectivity index (χ0v) is 16.4. The maximum atomic E-state index is 11.0. The standard InChI is InChI=1S/C18H21N5O3S/c1-11(24)20-7-8-21-17-13(10-19)16(22-18(23-17)27-4)12-5-6-14(25-2)15(9-12)26-3/h5-6,9H,7-8H2,1-4H3,(H,20,24)(H,21,22,23). The number of nitriles is 1. The van der Waals surface area contributed by atoms with E-state index in [1.807, 2.05) is 12.3 Å². The number of benzene rings is 1. The lowest BCUT2D eigenvalue weighted by atomic mass is 10.1. The fourth-order valence-corrected chi connectivity index (χ4v) is 2.74. The second-order valence-corrected chi connectivity index (χ2v) is 6.15. The van der Waals surface area contributed by atoms with Crippen LogP contribution in [0.1, 0.15) is 12.5 Å². The average Bonchev–Trinajstić information content (AvgIpc) is 2.69. The molecular weight excluding hydrogens is 366 g/mol. The van der Waals surface area contributed by atoms with E-state index in [0.29, 0.717) is 52.4 Å². The number of nitrogens with one attached hydrogen (secondary N) is 2. The fourth-order valence-electron chi connectivity index (χ4n) is 2.38. The van der Waals surface area contributed by atoms with Crippen molar-refractivity contribution in [1.29, 1.82) is 5.26 Å². The first-order valence-corrected chi connectivity index (χ1v) is 9.33. The van der Waals surface area contributed by atoms with E-state index in [1.54, 1.807) is 26.4 Å². The number of carbonyl (C=O) groups excluding carboxylic acids is 1. The monoisotopic (exact) mass is 387 g/mol. The summed E-state index contributed by atoms with van der Waals surface area (Å²) in [7, 11) is 3.11. The average molecular weight is 387 g/mol. The highest BCUT2D eigenvalue weighted by Crippen LogP contribution is 2.34. The molecule has 0 fully saturated rings. The number of aromatic nitrogens is 2. The summed E-state index contributed by atoms with van der Waals surface area (Å²) in [6.07, 6.45) is 1.86. The van der Waals surface area contributed by atoms with Gasteiger partial charge in [0.15, 0.2) is 16.7 Å². The van der Waals surface area contributed by atoms with Gasteiger partial charge in [-0.15, -0.1) is 0 Å². The lowest BCUT2D eigenvalue weighted by Crippen LogP contribution is -2.26. The molecule has 1 aromatic carbocycles. The zero-order valence-electron chi connectivity index (χ0n) is 15.6. The Hall–Kier alpha value is -2.99. The van der Waals surface area contributed by atoms with Crippen LogP contribution in [-0.2, 0) is 4.79 Å². The molecule has 1 heterocycles. The Morgan fingerprint density at radius 3 is 2.56 bits per heavy atom. The SMILES string of the molecule is COc1ccc(-c2nc(SC)nc(NCCNC(C)=O)c2C#N)cc1OC. The van der Waals surface area contributed by atoms with Crippen LogP contribution >= 0.6 is 11.8 Å². The minimum Gasteiger partial charge on any atom is -0.493 e. The van der Waals surface area contributed by atoms with Gasteiger partial charge in [-0.1, -0.05) is 11.8 Å². The molecule has 2 N–H and O–H groups in total. The first-order valence-electron chi connectivity index (χ1n) is 8.10. The third-order valence-electron chi connectivity index (χ3n) is 3.63. The smallest absolute Gasteiger partial charge is 0.216 e. The van der Waals surface area contributed by atoms with Crippen molar-refractivity contribution in [1.82, 2.24) is 15.3 Å². The van der Waals surface area contributed by atoms with E-state index in [1.165, 1.54) is 18.7 Å². The van der Waals surface area contributed by atoms with Crippen molar-refractivity contribution in [2.24, 2.45) is 0 Å². The number of amides is 1. The first kappa shape index (κ1) is 20.3. The van der Waals surface area contributed by atoms with Crippen molar-refractivity contribution >= 4 is 23.5 Å². The molecule has 0 radical (unpaired) electrons. The molecule has 0 saturated heterocycles. The van der Waals surface area contributed by atoms with E-state index >= 15 is 0 Å². The molecule has 1 amide bonds. The quantitative estimate of drug-likeness (QED) is 0.403. The van der Waals surface area contributed by atoms with Gasteiger partial charge in [0.25, 0.3) is 0 Å². The van der Waals surface area contributed by atoms with Gasteiger partial charge in [-0.25, -0.2) is 9.97 Å². The van der Waals surface area contributed by atoms with Crippen LogP contribution in [0.15, 0.2) is 23.4 Å². The Labute approximate surface area is 162 Å². The van der Waals surface area contributed by atoms with Gasteiger partial charge in [0.1, 0.15) is 17.5 Å². The van der Waals surface area contributed by atoms with Crippen molar-refractivity contribution in [3.05, 3.63) is 23.8 Å². The molecule has 9 heteroatoms. The van der Waals surface area contributed by atoms with Crippen LogP contribution < -0.4 is 20.1 Å². The Morgan fingerprint density at radius 1 is 1.22 bits per heavy atom. The molecule has 0 aliphatic carbocycles. The number of hydrogen-bond acceptors (Lipinski definition) is 8. The lowest BCUT2D eigenvalue weighted by molar-refractivity contribution is -0.118. The number of methoxy groups -OCH3 is 2. The molecule has 0 aliphatic heterocycles. The molecule has 0 spiro atoms. The molecule has 8 nitrogen and oxygen atoms in total. The molecule has 2 rings (SSSR count). The molecule has 0 atom stereocenters. The van der Waals surface area contributed by atoms with Crippen molar-refractivity contribution in [3.63, 3.8) is 0 Å². The van der Waals surface area contributed by atoms with Crippen molar-refractivity contribution in [3.8, 4) is 28.8 Å². The summed E-state index contributed by atoms with van der Waals surface area (Å²) < 4.78 is 10.6. The van der Waals surface area contributed by atoms with Crippen molar-refractivity contribution in [2.45, 2.75) is 12.1 Å². The molecule has 0 aliphatic rings. The molecule has 1 aromatic heterocycles. The summed E-state index contributed by atoms with van der Waals surface area (Å²) in [6.45, 7) is 2.31. The van der Waals surface area contributed by atoms with Crippen LogP contribution in [0.3, 0.4) is 0 Å². The van der Waals surface area contributed by atoms with Gasteiger partial charge < -0.3 is 20.1 Å². The summed E-state index contributed by atoms with van der Waals surface area (Å²) in [4.78, 5) is 19.9. The molecule has 2 aromatic rings. The van der Waals surface area contributed by atoms with E-state index in [0.717, 1.165) is 0 Å². The highest BCUT2D eigenvalue weighted by atomic mass is 32.2. The Bertz CT molecular complexity index is 867. The number of anilines is 1. The fraction of sp³-hybridized carbons (Fsp3) is 0.333. The Kier molecular flexibility index (Phi) is 7.25. The van der Waals surface area contributed by atoms with E-state index < -0.39 is 0 Å². The van der Waals surface area contributed by atoms with Crippen LogP contribution in [0.5, 0.6) is 11.5 Å². The number of rotatable bonds is 8. The molecule has 142 valence electrons. The number of hydrogen-bond donors (Lipinski definition) is 2. The van der Waals surface area contributed by atoms with Gasteiger partial charge in [-0.05, 0) is 24.5 Å². The molecule has 0 bridgehead atoms. The number of nitrogens with zero attached hydrogens (tertiary/aromatic N) is 3. The molecule has 0 unspecified atom stereocenters. The third kappa shape index (κ3) is 5.01.